The molecule has 2 aromatic rings. The number of carbonyl (C=O) groups is 2. The van der Waals surface area contributed by atoms with E-state index in [1.165, 1.54) is 0 Å². The van der Waals surface area contributed by atoms with Crippen LogP contribution in [-0.4, -0.2) is 60.1 Å². The Morgan fingerprint density at radius 3 is 2.60 bits per heavy atom. The van der Waals surface area contributed by atoms with E-state index in [1.54, 1.807) is 52.0 Å². The average molecular weight is 556 g/mol. The molecule has 0 saturated heterocycles. The Hall–Kier alpha value is -3.83. The van der Waals surface area contributed by atoms with E-state index < -0.39 is 29.1 Å². The van der Waals surface area contributed by atoms with Crippen molar-refractivity contribution in [2.45, 2.75) is 70.7 Å². The molecule has 2 heterocycles. The lowest BCUT2D eigenvalue weighted by Gasteiger charge is -2.28. The van der Waals surface area contributed by atoms with Crippen molar-refractivity contribution in [3.8, 4) is 17.2 Å². The number of nitrogens with one attached hydrogen (secondary N) is 2. The molecule has 0 aromatic heterocycles. The third-order valence-corrected chi connectivity index (χ3v) is 6.39. The predicted molar refractivity (Wildman–Crippen MR) is 146 cm³/mol. The van der Waals surface area contributed by atoms with E-state index in [9.17, 15) is 9.59 Å². The zero-order valence-corrected chi connectivity index (χ0v) is 23.3. The van der Waals surface area contributed by atoms with Gasteiger partial charge in [-0.2, -0.15) is 0 Å². The summed E-state index contributed by atoms with van der Waals surface area (Å²) in [6.07, 6.45) is -0.0492. The minimum Gasteiger partial charge on any atom is -0.494 e. The molecule has 0 radical (unpaired) electrons. The van der Waals surface area contributed by atoms with Gasteiger partial charge in [0.15, 0.2) is 17.0 Å². The number of benzene rings is 2. The Morgan fingerprint density at radius 1 is 1.12 bits per heavy atom. The maximum Gasteiger partial charge on any atom is 0.306 e. The summed E-state index contributed by atoms with van der Waals surface area (Å²) in [7, 11) is 0. The topological polar surface area (TPSA) is 137 Å². The van der Waals surface area contributed by atoms with Crippen LogP contribution < -0.4 is 25.1 Å². The number of fused-ring (bicyclic) bond motifs is 1. The minimum absolute atomic E-state index is 0.0189. The average Bonchev–Trinajstić information content (AvgIpc) is 3.51. The maximum absolute atomic E-state index is 13.6. The maximum atomic E-state index is 13.6. The van der Waals surface area contributed by atoms with E-state index in [2.05, 4.69) is 10.9 Å². The molecule has 0 fully saturated rings. The second-order valence-electron chi connectivity index (χ2n) is 10.6. The van der Waals surface area contributed by atoms with E-state index in [0.29, 0.717) is 48.3 Å². The van der Waals surface area contributed by atoms with Gasteiger partial charge >= 0.3 is 5.97 Å². The van der Waals surface area contributed by atoms with Crippen LogP contribution in [-0.2, 0) is 25.6 Å². The Morgan fingerprint density at radius 2 is 1.88 bits per heavy atom. The molecule has 0 unspecified atom stereocenters. The second-order valence-corrected chi connectivity index (χ2v) is 10.6. The van der Waals surface area contributed by atoms with Gasteiger partial charge in [0.2, 0.25) is 12.7 Å². The van der Waals surface area contributed by atoms with Crippen molar-refractivity contribution < 1.29 is 38.4 Å². The van der Waals surface area contributed by atoms with Gasteiger partial charge in [-0.15, -0.1) is 0 Å². The summed E-state index contributed by atoms with van der Waals surface area (Å²) in [4.78, 5) is 30.9. The van der Waals surface area contributed by atoms with Gasteiger partial charge < -0.3 is 28.8 Å². The van der Waals surface area contributed by atoms with E-state index in [4.69, 9.17) is 33.8 Å². The van der Waals surface area contributed by atoms with Crippen LogP contribution in [0.2, 0.25) is 0 Å². The summed E-state index contributed by atoms with van der Waals surface area (Å²) in [6, 6.07) is 12.7. The van der Waals surface area contributed by atoms with Crippen LogP contribution in [0, 0.1) is 0 Å². The number of nitrogens with zero attached hydrogens (tertiary/aromatic N) is 1. The summed E-state index contributed by atoms with van der Waals surface area (Å²) in [6.45, 7) is 8.11. The molecule has 2 aliphatic rings. The quantitative estimate of drug-likeness (QED) is 0.205. The Kier molecular flexibility index (Phi) is 9.16. The van der Waals surface area contributed by atoms with Crippen molar-refractivity contribution in [1.29, 1.82) is 0 Å². The number of aliphatic hydroxyl groups is 1. The standard InChI is InChI=1S/C29H37N3O8/c1-19-29(13-12-25(34)40-28(2,3)4,27(35)32-30-17-20-6-11-23-24(16-20)38-18-37-23)31-26(39-19)21-7-9-22(10-8-21)36-15-5-14-33/h6-11,16,19,30,33H,5,12-15,17-18H2,1-4H3,(H,32,35)/t19-,29-/m0/s1. The van der Waals surface area contributed by atoms with Gasteiger partial charge in [-0.1, -0.05) is 6.07 Å². The minimum atomic E-state index is -1.37. The molecular weight excluding hydrogens is 518 g/mol. The number of carbonyl (C=O) groups excluding carboxylic acids is 2. The highest BCUT2D eigenvalue weighted by Gasteiger charge is 2.50. The molecule has 0 bridgehead atoms. The van der Waals surface area contributed by atoms with Crippen LogP contribution in [0.4, 0.5) is 0 Å². The summed E-state index contributed by atoms with van der Waals surface area (Å²) in [5.74, 6) is 1.42. The zero-order valence-electron chi connectivity index (χ0n) is 23.3. The SMILES string of the molecule is C[C@@H]1OC(c2ccc(OCCCO)cc2)=N[C@]1(CCC(=O)OC(C)(C)C)C(=O)NNCc1ccc2c(c1)OCO2. The van der Waals surface area contributed by atoms with Gasteiger partial charge in [0.05, 0.1) is 6.61 Å². The summed E-state index contributed by atoms with van der Waals surface area (Å²) >= 11 is 0. The summed E-state index contributed by atoms with van der Waals surface area (Å²) in [5, 5.41) is 8.94. The molecule has 2 aromatic carbocycles. The molecule has 4 rings (SSSR count). The normalized spacial score (nSPS) is 19.5. The zero-order chi connectivity index (χ0) is 28.8. The highest BCUT2D eigenvalue weighted by Crippen LogP contribution is 2.34. The van der Waals surface area contributed by atoms with Crippen molar-refractivity contribution in [2.75, 3.05) is 20.0 Å². The Bertz CT molecular complexity index is 1220. The van der Waals surface area contributed by atoms with Gasteiger partial charge in [0, 0.05) is 31.6 Å². The lowest BCUT2D eigenvalue weighted by atomic mass is 9.88. The molecule has 216 valence electrons. The molecule has 0 spiro atoms. The van der Waals surface area contributed by atoms with Crippen molar-refractivity contribution >= 4 is 17.8 Å². The fraction of sp³-hybridized carbons (Fsp3) is 0.483. The molecule has 11 nitrogen and oxygen atoms in total. The van der Waals surface area contributed by atoms with Crippen molar-refractivity contribution in [3.63, 3.8) is 0 Å². The number of amides is 1. The third-order valence-electron chi connectivity index (χ3n) is 6.39. The van der Waals surface area contributed by atoms with Crippen LogP contribution in [0.15, 0.2) is 47.5 Å². The van der Waals surface area contributed by atoms with Crippen molar-refractivity contribution in [1.82, 2.24) is 10.9 Å². The first kappa shape index (κ1) is 29.2. The van der Waals surface area contributed by atoms with Crippen LogP contribution in [0.3, 0.4) is 0 Å². The first-order chi connectivity index (χ1) is 19.1. The van der Waals surface area contributed by atoms with E-state index >= 15 is 0 Å². The number of hydrogen-bond donors (Lipinski definition) is 3. The molecular formula is C29H37N3O8. The highest BCUT2D eigenvalue weighted by molar-refractivity contribution is 6.00. The number of aliphatic imine (C=N–C) groups is 1. The van der Waals surface area contributed by atoms with Gasteiger partial charge in [0.25, 0.3) is 5.91 Å². The van der Waals surface area contributed by atoms with Crippen LogP contribution in [0.5, 0.6) is 17.2 Å². The van der Waals surface area contributed by atoms with Crippen molar-refractivity contribution in [2.24, 2.45) is 4.99 Å². The number of rotatable bonds is 12. The fourth-order valence-corrected chi connectivity index (χ4v) is 4.32. The van der Waals surface area contributed by atoms with Gasteiger partial charge in [0.1, 0.15) is 17.5 Å². The third kappa shape index (κ3) is 7.22. The van der Waals surface area contributed by atoms with E-state index in [1.807, 2.05) is 18.2 Å². The first-order valence-corrected chi connectivity index (χ1v) is 13.3. The van der Waals surface area contributed by atoms with Gasteiger partial charge in [-0.05, 0) is 76.1 Å². The Labute approximate surface area is 233 Å². The molecule has 0 saturated carbocycles. The van der Waals surface area contributed by atoms with E-state index in [0.717, 1.165) is 5.56 Å². The molecule has 1 amide bonds. The van der Waals surface area contributed by atoms with E-state index in [-0.39, 0.29) is 26.2 Å². The molecule has 11 heteroatoms. The largest absolute Gasteiger partial charge is 0.494 e. The number of hydrogen-bond acceptors (Lipinski definition) is 10. The molecule has 0 aliphatic carbocycles. The molecule has 2 aliphatic heterocycles. The molecule has 2 atom stereocenters. The van der Waals surface area contributed by atoms with Gasteiger partial charge in [-0.25, -0.2) is 10.4 Å². The fourth-order valence-electron chi connectivity index (χ4n) is 4.32. The molecule has 3 N–H and O–H groups in total. The number of esters is 1. The summed E-state index contributed by atoms with van der Waals surface area (Å²) < 4.78 is 27.9. The lowest BCUT2D eigenvalue weighted by molar-refractivity contribution is -0.155. The van der Waals surface area contributed by atoms with Crippen LogP contribution in [0.1, 0.15) is 58.1 Å². The lowest BCUT2D eigenvalue weighted by Crippen LogP contribution is -2.54. The van der Waals surface area contributed by atoms with Crippen LogP contribution >= 0.6 is 0 Å². The number of ether oxygens (including phenoxy) is 5. The number of aliphatic hydroxyl groups excluding tert-OH is 1. The first-order valence-electron chi connectivity index (χ1n) is 13.3. The predicted octanol–water partition coefficient (Wildman–Crippen LogP) is 3.02. The van der Waals surface area contributed by atoms with Crippen molar-refractivity contribution in [3.05, 3.63) is 53.6 Å². The van der Waals surface area contributed by atoms with Crippen LogP contribution in [0.25, 0.3) is 0 Å². The highest BCUT2D eigenvalue weighted by atomic mass is 16.7. The number of hydrazine groups is 1. The Balaban J connectivity index is 1.48. The summed E-state index contributed by atoms with van der Waals surface area (Å²) in [5.41, 5.74) is 5.24. The second kappa shape index (κ2) is 12.6. The smallest absolute Gasteiger partial charge is 0.306 e. The molecule has 40 heavy (non-hydrogen) atoms. The monoisotopic (exact) mass is 555 g/mol. The van der Waals surface area contributed by atoms with Gasteiger partial charge in [-0.3, -0.25) is 15.0 Å².